The number of ketones is 1. The van der Waals surface area contributed by atoms with E-state index in [2.05, 4.69) is 13.8 Å². The van der Waals surface area contributed by atoms with Gasteiger partial charge in [0.2, 0.25) is 0 Å². The van der Waals surface area contributed by atoms with Gasteiger partial charge in [-0.05, 0) is 24.8 Å². The molecule has 0 fully saturated rings. The molecule has 0 aliphatic heterocycles. The first kappa shape index (κ1) is 15.6. The van der Waals surface area contributed by atoms with Crippen LogP contribution in [0, 0.1) is 5.92 Å². The number of ether oxygens (including phenoxy) is 2. The van der Waals surface area contributed by atoms with Gasteiger partial charge in [0, 0.05) is 22.6 Å². The van der Waals surface area contributed by atoms with Crippen molar-refractivity contribution in [2.75, 3.05) is 14.2 Å². The lowest BCUT2D eigenvalue weighted by Crippen LogP contribution is -2.17. The van der Waals surface area contributed by atoms with Gasteiger partial charge in [0.05, 0.1) is 14.2 Å². The number of hydrogen-bond donors (Lipinski definition) is 0. The number of Topliss-reactive ketones (excluding diaryl/α,β-unsaturated/α-hetero) is 1. The fourth-order valence-corrected chi connectivity index (χ4v) is 2.88. The van der Waals surface area contributed by atoms with Crippen molar-refractivity contribution in [1.29, 1.82) is 0 Å². The number of rotatable bonds is 4. The molecule has 0 aromatic heterocycles. The Morgan fingerprint density at radius 2 is 1.81 bits per heavy atom. The van der Waals surface area contributed by atoms with Gasteiger partial charge in [-0.1, -0.05) is 32.9 Å². The Morgan fingerprint density at radius 3 is 2.38 bits per heavy atom. The Hall–Kier alpha value is -1.77. The van der Waals surface area contributed by atoms with E-state index in [0.29, 0.717) is 11.7 Å². The number of carbonyl (C=O) groups excluding carboxylic acids is 1. The van der Waals surface area contributed by atoms with Crippen molar-refractivity contribution in [2.45, 2.75) is 39.5 Å². The van der Waals surface area contributed by atoms with E-state index in [4.69, 9.17) is 9.47 Å². The van der Waals surface area contributed by atoms with Crippen molar-refractivity contribution >= 4 is 11.4 Å². The highest BCUT2D eigenvalue weighted by Crippen LogP contribution is 2.42. The second-order valence-corrected chi connectivity index (χ2v) is 5.88. The summed E-state index contributed by atoms with van der Waals surface area (Å²) < 4.78 is 11.1. The zero-order chi connectivity index (χ0) is 15.6. The van der Waals surface area contributed by atoms with Crippen LogP contribution >= 0.6 is 0 Å². The largest absolute Gasteiger partial charge is 0.493 e. The van der Waals surface area contributed by atoms with E-state index < -0.39 is 0 Å². The second kappa shape index (κ2) is 6.33. The van der Waals surface area contributed by atoms with Crippen LogP contribution < -0.4 is 9.47 Å². The second-order valence-electron chi connectivity index (χ2n) is 5.88. The third-order valence-corrected chi connectivity index (χ3v) is 4.12. The van der Waals surface area contributed by atoms with Gasteiger partial charge in [0.1, 0.15) is 0 Å². The van der Waals surface area contributed by atoms with Crippen molar-refractivity contribution in [3.05, 3.63) is 29.3 Å². The topological polar surface area (TPSA) is 35.5 Å². The first-order chi connectivity index (χ1) is 10.0. The van der Waals surface area contributed by atoms with Gasteiger partial charge < -0.3 is 9.47 Å². The monoisotopic (exact) mass is 288 g/mol. The molecule has 0 heterocycles. The molecule has 1 unspecified atom stereocenters. The quantitative estimate of drug-likeness (QED) is 0.832. The Kier molecular flexibility index (Phi) is 4.71. The maximum Gasteiger partial charge on any atom is 0.168 e. The van der Waals surface area contributed by atoms with Crippen LogP contribution in [0.25, 0.3) is 5.57 Å². The van der Waals surface area contributed by atoms with E-state index in [1.54, 1.807) is 14.2 Å². The summed E-state index contributed by atoms with van der Waals surface area (Å²) >= 11 is 0. The van der Waals surface area contributed by atoms with Crippen LogP contribution in [0.2, 0.25) is 0 Å². The lowest BCUT2D eigenvalue weighted by atomic mass is 9.84. The molecule has 21 heavy (non-hydrogen) atoms. The molecule has 1 atom stereocenters. The summed E-state index contributed by atoms with van der Waals surface area (Å²) in [6.07, 6.45) is 3.88. The Balaban J connectivity index is 2.60. The van der Waals surface area contributed by atoms with Crippen molar-refractivity contribution < 1.29 is 14.3 Å². The van der Waals surface area contributed by atoms with Crippen LogP contribution in [0.1, 0.15) is 50.7 Å². The number of benzene rings is 1. The fourth-order valence-electron chi connectivity index (χ4n) is 2.88. The average Bonchev–Trinajstić information content (AvgIpc) is 2.48. The minimum absolute atomic E-state index is 0.0745. The van der Waals surface area contributed by atoms with Crippen molar-refractivity contribution in [2.24, 2.45) is 5.92 Å². The number of methoxy groups -OCH3 is 2. The smallest absolute Gasteiger partial charge is 0.168 e. The van der Waals surface area contributed by atoms with E-state index in [0.717, 1.165) is 35.3 Å². The van der Waals surface area contributed by atoms with E-state index in [1.165, 1.54) is 0 Å². The van der Waals surface area contributed by atoms with Crippen LogP contribution in [0.3, 0.4) is 0 Å². The first-order valence-electron chi connectivity index (χ1n) is 7.50. The third-order valence-electron chi connectivity index (χ3n) is 4.12. The molecule has 3 nitrogen and oxygen atoms in total. The highest BCUT2D eigenvalue weighted by atomic mass is 16.5. The molecule has 1 aliphatic rings. The lowest BCUT2D eigenvalue weighted by molar-refractivity contribution is -0.117. The molecule has 0 radical (unpaired) electrons. The van der Waals surface area contributed by atoms with Gasteiger partial charge in [-0.15, -0.1) is 0 Å². The molecule has 1 aromatic carbocycles. The molecule has 0 saturated heterocycles. The summed E-state index contributed by atoms with van der Waals surface area (Å²) in [6, 6.07) is 4.02. The molecule has 2 rings (SSSR count). The highest BCUT2D eigenvalue weighted by molar-refractivity contribution is 6.23. The van der Waals surface area contributed by atoms with E-state index in [1.807, 2.05) is 25.1 Å². The normalized spacial score (nSPS) is 18.7. The molecular weight excluding hydrogens is 264 g/mol. The summed E-state index contributed by atoms with van der Waals surface area (Å²) in [5, 5.41) is 0. The SMILES string of the molecule is COc1c(C2=CCCC(C)C2=O)ccc(C(C)C)c1OC. The first-order valence-corrected chi connectivity index (χ1v) is 7.50. The lowest BCUT2D eigenvalue weighted by Gasteiger charge is -2.22. The molecule has 0 amide bonds. The number of allylic oxidation sites excluding steroid dienone is 2. The van der Waals surface area contributed by atoms with E-state index >= 15 is 0 Å². The van der Waals surface area contributed by atoms with Crippen LogP contribution in [-0.2, 0) is 4.79 Å². The van der Waals surface area contributed by atoms with E-state index in [9.17, 15) is 4.79 Å². The highest BCUT2D eigenvalue weighted by Gasteiger charge is 2.27. The predicted molar refractivity (Wildman–Crippen MR) is 85.0 cm³/mol. The maximum absolute atomic E-state index is 12.4. The molecule has 1 aliphatic carbocycles. The molecule has 1 aromatic rings. The van der Waals surface area contributed by atoms with Gasteiger partial charge in [-0.3, -0.25) is 4.79 Å². The fraction of sp³-hybridized carbons (Fsp3) is 0.500. The van der Waals surface area contributed by atoms with Crippen molar-refractivity contribution in [3.63, 3.8) is 0 Å². The zero-order valence-electron chi connectivity index (χ0n) is 13.5. The molecule has 0 bridgehead atoms. The molecule has 3 heteroatoms. The molecule has 0 saturated carbocycles. The summed E-state index contributed by atoms with van der Waals surface area (Å²) in [6.45, 7) is 6.22. The van der Waals surface area contributed by atoms with Gasteiger partial charge in [0.15, 0.2) is 17.3 Å². The number of carbonyl (C=O) groups is 1. The zero-order valence-corrected chi connectivity index (χ0v) is 13.5. The molecule has 0 spiro atoms. The van der Waals surface area contributed by atoms with Gasteiger partial charge in [0.25, 0.3) is 0 Å². The van der Waals surface area contributed by atoms with Crippen LogP contribution in [-0.4, -0.2) is 20.0 Å². The van der Waals surface area contributed by atoms with Crippen molar-refractivity contribution in [1.82, 2.24) is 0 Å². The minimum Gasteiger partial charge on any atom is -0.493 e. The average molecular weight is 288 g/mol. The predicted octanol–water partition coefficient (Wildman–Crippen LogP) is 4.21. The van der Waals surface area contributed by atoms with Gasteiger partial charge >= 0.3 is 0 Å². The minimum atomic E-state index is 0.0745. The Labute approximate surface area is 127 Å². The van der Waals surface area contributed by atoms with Crippen LogP contribution in [0.5, 0.6) is 11.5 Å². The van der Waals surface area contributed by atoms with Gasteiger partial charge in [-0.2, -0.15) is 0 Å². The molecule has 0 N–H and O–H groups in total. The van der Waals surface area contributed by atoms with Gasteiger partial charge in [-0.25, -0.2) is 0 Å². The van der Waals surface area contributed by atoms with E-state index in [-0.39, 0.29) is 11.7 Å². The summed E-state index contributed by atoms with van der Waals surface area (Å²) in [5.41, 5.74) is 2.70. The van der Waals surface area contributed by atoms with Crippen LogP contribution in [0.15, 0.2) is 18.2 Å². The third kappa shape index (κ3) is 2.82. The Morgan fingerprint density at radius 1 is 1.14 bits per heavy atom. The Bertz CT molecular complexity index is 570. The van der Waals surface area contributed by atoms with Crippen molar-refractivity contribution in [3.8, 4) is 11.5 Å². The molecular formula is C18H24O3. The maximum atomic E-state index is 12.4. The van der Waals surface area contributed by atoms with Crippen LogP contribution in [0.4, 0.5) is 0 Å². The summed E-state index contributed by atoms with van der Waals surface area (Å²) in [5.74, 6) is 2.00. The summed E-state index contributed by atoms with van der Waals surface area (Å²) in [7, 11) is 3.27. The molecule has 114 valence electrons. The standard InChI is InChI=1S/C18H24O3/c1-11(2)13-9-10-15(18(21-5)17(13)20-4)14-8-6-7-12(3)16(14)19/h8-12H,6-7H2,1-5H3. The number of hydrogen-bond acceptors (Lipinski definition) is 3. The summed E-state index contributed by atoms with van der Waals surface area (Å²) in [4.78, 5) is 12.4.